The molecule has 1 unspecified atom stereocenters. The first kappa shape index (κ1) is 16.8. The summed E-state index contributed by atoms with van der Waals surface area (Å²) in [6.07, 6.45) is 0.648. The number of carbonyl (C=O) groups is 2. The number of ketones is 1. The standard InChI is InChI=1S/C17H22ClNO3/c1-17(2,3)22-16(21)19-9-8-13(11-19)15(20)10-12-6-4-5-7-14(12)18/h4-7,13H,8-11H2,1-3H3. The molecule has 120 valence electrons. The van der Waals surface area contributed by atoms with Crippen molar-refractivity contribution in [1.82, 2.24) is 4.90 Å². The van der Waals surface area contributed by atoms with E-state index in [1.54, 1.807) is 11.0 Å². The zero-order valence-corrected chi connectivity index (χ0v) is 14.0. The molecule has 1 atom stereocenters. The third-order valence-corrected chi connectivity index (χ3v) is 3.99. The second-order valence-corrected chi connectivity index (χ2v) is 7.05. The molecule has 4 nitrogen and oxygen atoms in total. The van der Waals surface area contributed by atoms with Crippen LogP contribution >= 0.6 is 11.6 Å². The summed E-state index contributed by atoms with van der Waals surface area (Å²) >= 11 is 6.09. The van der Waals surface area contributed by atoms with Crippen LogP contribution in [0.1, 0.15) is 32.8 Å². The van der Waals surface area contributed by atoms with Crippen LogP contribution in [-0.2, 0) is 16.0 Å². The van der Waals surface area contributed by atoms with Crippen molar-refractivity contribution in [1.29, 1.82) is 0 Å². The van der Waals surface area contributed by atoms with Crippen LogP contribution in [0.4, 0.5) is 4.79 Å². The predicted molar refractivity (Wildman–Crippen MR) is 86.1 cm³/mol. The van der Waals surface area contributed by atoms with Crippen molar-refractivity contribution < 1.29 is 14.3 Å². The number of nitrogens with zero attached hydrogens (tertiary/aromatic N) is 1. The van der Waals surface area contributed by atoms with Crippen molar-refractivity contribution in [2.24, 2.45) is 5.92 Å². The third-order valence-electron chi connectivity index (χ3n) is 3.62. The van der Waals surface area contributed by atoms with Crippen LogP contribution in [-0.4, -0.2) is 35.5 Å². The van der Waals surface area contributed by atoms with E-state index >= 15 is 0 Å². The average molecular weight is 324 g/mol. The van der Waals surface area contributed by atoms with Crippen LogP contribution in [0.15, 0.2) is 24.3 Å². The molecule has 0 saturated carbocycles. The summed E-state index contributed by atoms with van der Waals surface area (Å²) in [6, 6.07) is 7.36. The number of carbonyl (C=O) groups excluding carboxylic acids is 2. The number of hydrogen-bond donors (Lipinski definition) is 0. The van der Waals surface area contributed by atoms with Crippen LogP contribution in [0.5, 0.6) is 0 Å². The average Bonchev–Trinajstić information content (AvgIpc) is 2.89. The molecule has 5 heteroatoms. The molecule has 1 saturated heterocycles. The van der Waals surface area contributed by atoms with Crippen molar-refractivity contribution >= 4 is 23.5 Å². The van der Waals surface area contributed by atoms with E-state index in [2.05, 4.69) is 0 Å². The van der Waals surface area contributed by atoms with Crippen LogP contribution < -0.4 is 0 Å². The van der Waals surface area contributed by atoms with E-state index in [0.717, 1.165) is 5.56 Å². The van der Waals surface area contributed by atoms with Gasteiger partial charge in [-0.25, -0.2) is 4.79 Å². The summed E-state index contributed by atoms with van der Waals surface area (Å²) in [5, 5.41) is 0.609. The maximum Gasteiger partial charge on any atom is 0.410 e. The van der Waals surface area contributed by atoms with Gasteiger partial charge in [-0.05, 0) is 38.8 Å². The second-order valence-electron chi connectivity index (χ2n) is 6.65. The van der Waals surface area contributed by atoms with Crippen molar-refractivity contribution in [3.8, 4) is 0 Å². The van der Waals surface area contributed by atoms with Crippen LogP contribution in [0, 0.1) is 5.92 Å². The molecule has 0 radical (unpaired) electrons. The maximum atomic E-state index is 12.4. The van der Waals surface area contributed by atoms with Gasteiger partial charge in [0.05, 0.1) is 0 Å². The minimum absolute atomic E-state index is 0.124. The van der Waals surface area contributed by atoms with Gasteiger partial charge in [0.1, 0.15) is 11.4 Å². The van der Waals surface area contributed by atoms with Crippen LogP contribution in [0.2, 0.25) is 5.02 Å². The Kier molecular flexibility index (Phi) is 5.12. The van der Waals surface area contributed by atoms with E-state index in [0.29, 0.717) is 31.0 Å². The summed E-state index contributed by atoms with van der Waals surface area (Å²) in [7, 11) is 0. The monoisotopic (exact) mass is 323 g/mol. The largest absolute Gasteiger partial charge is 0.444 e. The first-order valence-corrected chi connectivity index (χ1v) is 7.88. The summed E-state index contributed by atoms with van der Waals surface area (Å²) < 4.78 is 5.34. The number of Topliss-reactive ketones (excluding diaryl/α,β-unsaturated/α-hetero) is 1. The number of hydrogen-bond acceptors (Lipinski definition) is 3. The molecule has 2 rings (SSSR count). The lowest BCUT2D eigenvalue weighted by Gasteiger charge is -2.24. The predicted octanol–water partition coefficient (Wildman–Crippen LogP) is 3.71. The van der Waals surface area contributed by atoms with E-state index in [-0.39, 0.29) is 17.8 Å². The molecule has 1 aliphatic rings. The summed E-state index contributed by atoms with van der Waals surface area (Å²) in [5.41, 5.74) is 0.321. The van der Waals surface area contributed by atoms with E-state index < -0.39 is 5.60 Å². The lowest BCUT2D eigenvalue weighted by molar-refractivity contribution is -0.121. The van der Waals surface area contributed by atoms with E-state index in [4.69, 9.17) is 16.3 Å². The minimum Gasteiger partial charge on any atom is -0.444 e. The number of ether oxygens (including phenoxy) is 1. The molecule has 22 heavy (non-hydrogen) atoms. The van der Waals surface area contributed by atoms with Gasteiger partial charge in [0.25, 0.3) is 0 Å². The normalized spacial score (nSPS) is 18.4. The molecule has 1 aromatic rings. The number of amides is 1. The highest BCUT2D eigenvalue weighted by Gasteiger charge is 2.33. The smallest absolute Gasteiger partial charge is 0.410 e. The van der Waals surface area contributed by atoms with Gasteiger partial charge in [-0.15, -0.1) is 0 Å². The van der Waals surface area contributed by atoms with Gasteiger partial charge in [-0.2, -0.15) is 0 Å². The second kappa shape index (κ2) is 6.69. The molecule has 0 spiro atoms. The van der Waals surface area contributed by atoms with Gasteiger partial charge in [-0.3, -0.25) is 4.79 Å². The molecule has 0 N–H and O–H groups in total. The van der Waals surface area contributed by atoms with Crippen LogP contribution in [0.3, 0.4) is 0 Å². The molecule has 1 fully saturated rings. The Morgan fingerprint density at radius 3 is 2.64 bits per heavy atom. The molecule has 1 amide bonds. The Balaban J connectivity index is 1.91. The van der Waals surface area contributed by atoms with Gasteiger partial charge >= 0.3 is 6.09 Å². The van der Waals surface area contributed by atoms with Gasteiger partial charge in [0, 0.05) is 30.5 Å². The highest BCUT2D eigenvalue weighted by molar-refractivity contribution is 6.31. The number of likely N-dealkylation sites (tertiary alicyclic amines) is 1. The first-order chi connectivity index (χ1) is 10.3. The number of rotatable bonds is 3. The maximum absolute atomic E-state index is 12.4. The van der Waals surface area contributed by atoms with E-state index in [1.807, 2.05) is 39.0 Å². The Hall–Kier alpha value is -1.55. The van der Waals surface area contributed by atoms with Gasteiger partial charge < -0.3 is 9.64 Å². The molecular weight excluding hydrogens is 302 g/mol. The third kappa shape index (κ3) is 4.47. The fourth-order valence-corrected chi connectivity index (χ4v) is 2.69. The molecule has 1 aromatic carbocycles. The van der Waals surface area contributed by atoms with Crippen molar-refractivity contribution in [2.75, 3.05) is 13.1 Å². The fourth-order valence-electron chi connectivity index (χ4n) is 2.49. The zero-order valence-electron chi connectivity index (χ0n) is 13.3. The molecule has 0 aromatic heterocycles. The summed E-state index contributed by atoms with van der Waals surface area (Å²) in [6.45, 7) is 6.50. The Morgan fingerprint density at radius 2 is 2.00 bits per heavy atom. The van der Waals surface area contributed by atoms with Gasteiger partial charge in [-0.1, -0.05) is 29.8 Å². The Bertz CT molecular complexity index is 565. The highest BCUT2D eigenvalue weighted by atomic mass is 35.5. The number of halogens is 1. The fraction of sp³-hybridized carbons (Fsp3) is 0.529. The Morgan fingerprint density at radius 1 is 1.32 bits per heavy atom. The van der Waals surface area contributed by atoms with E-state index in [1.165, 1.54) is 0 Å². The quantitative estimate of drug-likeness (QED) is 0.852. The zero-order chi connectivity index (χ0) is 16.3. The summed E-state index contributed by atoms with van der Waals surface area (Å²) in [4.78, 5) is 26.0. The topological polar surface area (TPSA) is 46.6 Å². The lowest BCUT2D eigenvalue weighted by Crippen LogP contribution is -2.36. The lowest BCUT2D eigenvalue weighted by atomic mass is 9.97. The van der Waals surface area contributed by atoms with E-state index in [9.17, 15) is 9.59 Å². The van der Waals surface area contributed by atoms with Crippen molar-refractivity contribution in [3.63, 3.8) is 0 Å². The molecule has 1 aliphatic heterocycles. The van der Waals surface area contributed by atoms with Crippen molar-refractivity contribution in [3.05, 3.63) is 34.9 Å². The minimum atomic E-state index is -0.517. The van der Waals surface area contributed by atoms with Gasteiger partial charge in [0.15, 0.2) is 0 Å². The Labute approximate surface area is 136 Å². The molecule has 0 aliphatic carbocycles. The SMILES string of the molecule is CC(C)(C)OC(=O)N1CCC(C(=O)Cc2ccccc2Cl)C1. The van der Waals surface area contributed by atoms with Gasteiger partial charge in [0.2, 0.25) is 0 Å². The molecule has 1 heterocycles. The number of benzene rings is 1. The summed E-state index contributed by atoms with van der Waals surface area (Å²) in [5.74, 6) is -0.0112. The van der Waals surface area contributed by atoms with Crippen LogP contribution in [0.25, 0.3) is 0 Å². The highest BCUT2D eigenvalue weighted by Crippen LogP contribution is 2.23. The molecular formula is C17H22ClNO3. The van der Waals surface area contributed by atoms with Crippen molar-refractivity contribution in [2.45, 2.75) is 39.2 Å². The molecule has 0 bridgehead atoms. The first-order valence-electron chi connectivity index (χ1n) is 7.50.